The van der Waals surface area contributed by atoms with Crippen molar-refractivity contribution in [2.45, 2.75) is 6.42 Å². The van der Waals surface area contributed by atoms with Crippen LogP contribution in [0.25, 0.3) is 0 Å². The summed E-state index contributed by atoms with van der Waals surface area (Å²) in [7, 11) is 4.58. The van der Waals surface area contributed by atoms with Crippen molar-refractivity contribution in [2.24, 2.45) is 0 Å². The predicted octanol–water partition coefficient (Wildman–Crippen LogP) is 2.38. The van der Waals surface area contributed by atoms with Crippen LogP contribution in [0.2, 0.25) is 0 Å². The summed E-state index contributed by atoms with van der Waals surface area (Å²) in [6, 6.07) is 9.00. The van der Waals surface area contributed by atoms with Crippen LogP contribution < -0.4 is 14.2 Å². The first kappa shape index (κ1) is 21.4. The number of hydrogen-bond acceptors (Lipinski definition) is 5. The molecule has 3 rings (SSSR count). The molecule has 0 aliphatic carbocycles. The predicted molar refractivity (Wildman–Crippen MR) is 109 cm³/mol. The Balaban J connectivity index is 1.62. The third kappa shape index (κ3) is 4.64. The average Bonchev–Trinajstić information content (AvgIpc) is 2.78. The summed E-state index contributed by atoms with van der Waals surface area (Å²) in [6.07, 6.45) is 0.183. The molecule has 7 nitrogen and oxygen atoms in total. The summed E-state index contributed by atoms with van der Waals surface area (Å²) in [5, 5.41) is 0. The van der Waals surface area contributed by atoms with Gasteiger partial charge in [0, 0.05) is 31.7 Å². The Kier molecular flexibility index (Phi) is 6.76. The van der Waals surface area contributed by atoms with Crippen LogP contribution >= 0.6 is 0 Å². The lowest BCUT2D eigenvalue weighted by atomic mass is 10.1. The summed E-state index contributed by atoms with van der Waals surface area (Å²) in [5.41, 5.74) is 1.19. The van der Waals surface area contributed by atoms with Crippen LogP contribution in [0.15, 0.2) is 36.4 Å². The van der Waals surface area contributed by atoms with E-state index in [2.05, 4.69) is 0 Å². The van der Waals surface area contributed by atoms with Crippen LogP contribution in [-0.2, 0) is 11.2 Å². The van der Waals surface area contributed by atoms with Gasteiger partial charge in [0.25, 0.3) is 5.91 Å². The number of methoxy groups -OCH3 is 3. The first-order valence-corrected chi connectivity index (χ1v) is 9.58. The fourth-order valence-corrected chi connectivity index (χ4v) is 3.46. The average molecular weight is 416 g/mol. The normalized spacial score (nSPS) is 13.7. The molecule has 0 saturated carbocycles. The number of benzene rings is 2. The molecule has 1 aliphatic rings. The summed E-state index contributed by atoms with van der Waals surface area (Å²) in [5.74, 6) is 0.881. The lowest BCUT2D eigenvalue weighted by molar-refractivity contribution is -0.131. The van der Waals surface area contributed by atoms with Crippen molar-refractivity contribution >= 4 is 11.8 Å². The van der Waals surface area contributed by atoms with Gasteiger partial charge in [-0.05, 0) is 42.0 Å². The van der Waals surface area contributed by atoms with E-state index in [9.17, 15) is 14.0 Å². The van der Waals surface area contributed by atoms with E-state index in [1.807, 2.05) is 0 Å². The van der Waals surface area contributed by atoms with Crippen molar-refractivity contribution < 1.29 is 28.2 Å². The highest BCUT2D eigenvalue weighted by Crippen LogP contribution is 2.38. The van der Waals surface area contributed by atoms with Crippen LogP contribution in [0, 0.1) is 5.82 Å². The van der Waals surface area contributed by atoms with Crippen LogP contribution in [-0.4, -0.2) is 69.1 Å². The zero-order valence-electron chi connectivity index (χ0n) is 17.3. The maximum absolute atomic E-state index is 13.1. The smallest absolute Gasteiger partial charge is 0.253 e. The SMILES string of the molecule is COc1cc(CC(=O)N2CCN(C(=O)c3ccc(F)cc3)CC2)cc(OC)c1OC. The summed E-state index contributed by atoms with van der Waals surface area (Å²) >= 11 is 0. The highest BCUT2D eigenvalue weighted by Gasteiger charge is 2.25. The van der Waals surface area contributed by atoms with E-state index in [1.165, 1.54) is 45.6 Å². The second kappa shape index (κ2) is 9.47. The first-order chi connectivity index (χ1) is 14.5. The Labute approximate surface area is 174 Å². The minimum Gasteiger partial charge on any atom is -0.493 e. The van der Waals surface area contributed by atoms with Crippen molar-refractivity contribution in [2.75, 3.05) is 47.5 Å². The van der Waals surface area contributed by atoms with E-state index in [-0.39, 0.29) is 24.1 Å². The lowest BCUT2D eigenvalue weighted by Crippen LogP contribution is -2.51. The molecule has 2 amide bonds. The molecule has 160 valence electrons. The van der Waals surface area contributed by atoms with Gasteiger partial charge in [-0.25, -0.2) is 4.39 Å². The summed E-state index contributed by atoms with van der Waals surface area (Å²) in [6.45, 7) is 1.74. The number of carbonyl (C=O) groups is 2. The zero-order valence-corrected chi connectivity index (χ0v) is 17.3. The number of rotatable bonds is 6. The van der Waals surface area contributed by atoms with Crippen molar-refractivity contribution in [3.63, 3.8) is 0 Å². The van der Waals surface area contributed by atoms with Gasteiger partial charge in [0.1, 0.15) is 5.82 Å². The van der Waals surface area contributed by atoms with Gasteiger partial charge in [0.2, 0.25) is 11.7 Å². The summed E-state index contributed by atoms with van der Waals surface area (Å²) in [4.78, 5) is 28.7. The van der Waals surface area contributed by atoms with E-state index in [0.717, 1.165) is 5.56 Å². The molecular weight excluding hydrogens is 391 g/mol. The molecule has 1 aliphatic heterocycles. The Hall–Kier alpha value is -3.29. The van der Waals surface area contributed by atoms with Crippen molar-refractivity contribution in [1.82, 2.24) is 9.80 Å². The third-order valence-corrected chi connectivity index (χ3v) is 5.09. The number of hydrogen-bond donors (Lipinski definition) is 0. The van der Waals surface area contributed by atoms with Gasteiger partial charge in [0.05, 0.1) is 27.8 Å². The van der Waals surface area contributed by atoms with Gasteiger partial charge in [-0.3, -0.25) is 9.59 Å². The second-order valence-electron chi connectivity index (χ2n) is 6.89. The highest BCUT2D eigenvalue weighted by molar-refractivity contribution is 5.94. The minimum atomic E-state index is -0.381. The van der Waals surface area contributed by atoms with E-state index < -0.39 is 0 Å². The minimum absolute atomic E-state index is 0.0434. The van der Waals surface area contributed by atoms with E-state index in [1.54, 1.807) is 21.9 Å². The molecule has 1 fully saturated rings. The molecule has 0 atom stereocenters. The largest absolute Gasteiger partial charge is 0.493 e. The standard InChI is InChI=1S/C22H25FN2O5/c1-28-18-12-15(13-19(29-2)21(18)30-3)14-20(26)24-8-10-25(11-9-24)22(27)16-4-6-17(23)7-5-16/h4-7,12-13H,8-11,14H2,1-3H3. The van der Waals surface area contributed by atoms with E-state index in [4.69, 9.17) is 14.2 Å². The zero-order chi connectivity index (χ0) is 21.7. The van der Waals surface area contributed by atoms with Gasteiger partial charge < -0.3 is 24.0 Å². The molecule has 1 saturated heterocycles. The fourth-order valence-electron chi connectivity index (χ4n) is 3.46. The Morgan fingerprint density at radius 1 is 0.867 bits per heavy atom. The number of piperazine rings is 1. The molecule has 0 unspecified atom stereocenters. The molecule has 0 spiro atoms. The molecule has 30 heavy (non-hydrogen) atoms. The first-order valence-electron chi connectivity index (χ1n) is 9.58. The fraction of sp³-hybridized carbons (Fsp3) is 0.364. The molecular formula is C22H25FN2O5. The number of carbonyl (C=O) groups excluding carboxylic acids is 2. The molecule has 8 heteroatoms. The Morgan fingerprint density at radius 3 is 1.90 bits per heavy atom. The third-order valence-electron chi connectivity index (χ3n) is 5.09. The number of nitrogens with zero attached hydrogens (tertiary/aromatic N) is 2. The Bertz CT molecular complexity index is 883. The van der Waals surface area contributed by atoms with E-state index in [0.29, 0.717) is 49.0 Å². The monoisotopic (exact) mass is 416 g/mol. The van der Waals surface area contributed by atoms with Crippen LogP contribution in [0.5, 0.6) is 17.2 Å². The van der Waals surface area contributed by atoms with Crippen molar-refractivity contribution in [3.05, 3.63) is 53.3 Å². The molecule has 0 aromatic heterocycles. The number of amides is 2. The maximum Gasteiger partial charge on any atom is 0.253 e. The molecule has 0 N–H and O–H groups in total. The highest BCUT2D eigenvalue weighted by atomic mass is 19.1. The van der Waals surface area contributed by atoms with Crippen molar-refractivity contribution in [1.29, 1.82) is 0 Å². The topological polar surface area (TPSA) is 68.3 Å². The van der Waals surface area contributed by atoms with Gasteiger partial charge in [-0.2, -0.15) is 0 Å². The van der Waals surface area contributed by atoms with Crippen LogP contribution in [0.4, 0.5) is 4.39 Å². The molecule has 0 bridgehead atoms. The van der Waals surface area contributed by atoms with Gasteiger partial charge in [0.15, 0.2) is 11.5 Å². The lowest BCUT2D eigenvalue weighted by Gasteiger charge is -2.35. The number of ether oxygens (including phenoxy) is 3. The molecule has 0 radical (unpaired) electrons. The van der Waals surface area contributed by atoms with Gasteiger partial charge in [-0.1, -0.05) is 0 Å². The van der Waals surface area contributed by atoms with Gasteiger partial charge in [-0.15, -0.1) is 0 Å². The molecule has 1 heterocycles. The molecule has 2 aromatic carbocycles. The Morgan fingerprint density at radius 2 is 1.40 bits per heavy atom. The maximum atomic E-state index is 13.1. The molecule has 2 aromatic rings. The quantitative estimate of drug-likeness (QED) is 0.723. The van der Waals surface area contributed by atoms with Crippen molar-refractivity contribution in [3.8, 4) is 17.2 Å². The van der Waals surface area contributed by atoms with E-state index >= 15 is 0 Å². The second-order valence-corrected chi connectivity index (χ2v) is 6.89. The van der Waals surface area contributed by atoms with Crippen LogP contribution in [0.3, 0.4) is 0 Å². The van der Waals surface area contributed by atoms with Gasteiger partial charge >= 0.3 is 0 Å². The van der Waals surface area contributed by atoms with Crippen LogP contribution in [0.1, 0.15) is 15.9 Å². The summed E-state index contributed by atoms with van der Waals surface area (Å²) < 4.78 is 29.0. The number of halogens is 1.